The molecule has 2 heterocycles. The topological polar surface area (TPSA) is 38.5 Å². The summed E-state index contributed by atoms with van der Waals surface area (Å²) in [6.45, 7) is 1.87. The van der Waals surface area contributed by atoms with Crippen molar-refractivity contribution in [2.24, 2.45) is 7.05 Å². The average molecular weight is 331 g/mol. The van der Waals surface area contributed by atoms with Gasteiger partial charge >= 0.3 is 0 Å². The summed E-state index contributed by atoms with van der Waals surface area (Å²) in [5, 5.41) is 4.68. The number of hydrogen-bond acceptors (Lipinski definition) is 2. The van der Waals surface area contributed by atoms with Crippen LogP contribution in [0, 0.1) is 17.5 Å². The first-order valence-corrected chi connectivity index (χ1v) is 6.86. The van der Waals surface area contributed by atoms with Gasteiger partial charge in [-0.3, -0.25) is 4.57 Å². The monoisotopic (exact) mass is 330 g/mol. The third-order valence-electron chi connectivity index (χ3n) is 3.04. The van der Waals surface area contributed by atoms with Crippen molar-refractivity contribution in [3.8, 4) is 5.69 Å². The summed E-state index contributed by atoms with van der Waals surface area (Å²) in [6.07, 6.45) is 0. The highest BCUT2D eigenvalue weighted by Crippen LogP contribution is 2.33. The second-order valence-electron chi connectivity index (χ2n) is 4.39. The second kappa shape index (κ2) is 4.58. The van der Waals surface area contributed by atoms with E-state index in [0.29, 0.717) is 10.5 Å². The molecule has 104 valence electrons. The summed E-state index contributed by atoms with van der Waals surface area (Å²) < 4.78 is 17.1. The Kier molecular flexibility index (Phi) is 3.12. The summed E-state index contributed by atoms with van der Waals surface area (Å²) >= 11 is 17.6. The first-order valence-electron chi connectivity index (χ1n) is 5.69. The Morgan fingerprint density at radius 2 is 1.90 bits per heavy atom. The molecule has 0 unspecified atom stereocenters. The van der Waals surface area contributed by atoms with Crippen LogP contribution >= 0.6 is 35.4 Å². The number of H-pyrrole nitrogens is 1. The molecule has 3 rings (SSSR count). The smallest absolute Gasteiger partial charge is 0.184 e. The maximum Gasteiger partial charge on any atom is 0.184 e. The van der Waals surface area contributed by atoms with Crippen LogP contribution in [0.25, 0.3) is 16.9 Å². The Morgan fingerprint density at radius 1 is 1.30 bits per heavy atom. The summed E-state index contributed by atoms with van der Waals surface area (Å²) in [6, 6.07) is 2.40. The van der Waals surface area contributed by atoms with E-state index < -0.39 is 5.82 Å². The van der Waals surface area contributed by atoms with E-state index in [-0.39, 0.29) is 10.0 Å². The van der Waals surface area contributed by atoms with Gasteiger partial charge in [-0.05, 0) is 31.3 Å². The normalized spacial score (nSPS) is 11.4. The van der Waals surface area contributed by atoms with E-state index in [2.05, 4.69) is 10.1 Å². The average Bonchev–Trinajstić information content (AvgIpc) is 2.78. The number of hydrogen-bond donors (Lipinski definition) is 1. The van der Waals surface area contributed by atoms with Crippen LogP contribution < -0.4 is 0 Å². The molecule has 1 N–H and O–H groups in total. The zero-order valence-corrected chi connectivity index (χ0v) is 12.9. The molecule has 3 aromatic rings. The molecule has 1 aromatic carbocycles. The van der Waals surface area contributed by atoms with Gasteiger partial charge in [0.1, 0.15) is 11.3 Å². The Labute approximate surface area is 128 Å². The van der Waals surface area contributed by atoms with Gasteiger partial charge in [-0.1, -0.05) is 23.2 Å². The standard InChI is InChI=1S/C12H9Cl2FN4S/c1-5-9-11(18(2)17-5)19(12(20)16-9)10-7(13)3-6(15)4-8(10)14/h3-4H,1-2H3,(H,16,20). The summed E-state index contributed by atoms with van der Waals surface area (Å²) in [4.78, 5) is 3.07. The van der Waals surface area contributed by atoms with Crippen LogP contribution in [0.1, 0.15) is 5.69 Å². The molecular formula is C12H9Cl2FN4S. The van der Waals surface area contributed by atoms with Crippen molar-refractivity contribution >= 4 is 46.6 Å². The number of halogens is 3. The van der Waals surface area contributed by atoms with Gasteiger partial charge in [-0.15, -0.1) is 0 Å². The highest BCUT2D eigenvalue weighted by Gasteiger charge is 2.18. The van der Waals surface area contributed by atoms with Gasteiger partial charge in [-0.25, -0.2) is 9.07 Å². The Bertz CT molecular complexity index is 870. The van der Waals surface area contributed by atoms with Crippen molar-refractivity contribution in [3.63, 3.8) is 0 Å². The van der Waals surface area contributed by atoms with Gasteiger partial charge in [-0.2, -0.15) is 5.10 Å². The Morgan fingerprint density at radius 3 is 2.50 bits per heavy atom. The molecule has 0 fully saturated rings. The lowest BCUT2D eigenvalue weighted by atomic mass is 10.3. The van der Waals surface area contributed by atoms with E-state index in [1.807, 2.05) is 6.92 Å². The molecule has 8 heteroatoms. The molecule has 0 atom stereocenters. The lowest BCUT2D eigenvalue weighted by Gasteiger charge is -2.09. The van der Waals surface area contributed by atoms with E-state index in [1.54, 1.807) is 16.3 Å². The lowest BCUT2D eigenvalue weighted by molar-refractivity contribution is 0.627. The molecule has 4 nitrogen and oxygen atoms in total. The fourth-order valence-electron chi connectivity index (χ4n) is 2.26. The summed E-state index contributed by atoms with van der Waals surface area (Å²) in [5.74, 6) is -0.497. The largest absolute Gasteiger partial charge is 0.327 e. The van der Waals surface area contributed by atoms with Crippen molar-refractivity contribution in [1.29, 1.82) is 0 Å². The Balaban J connectivity index is 2.47. The number of aromatic amines is 1. The molecule has 0 aliphatic heterocycles. The number of nitrogens with one attached hydrogen (secondary N) is 1. The van der Waals surface area contributed by atoms with Gasteiger partial charge in [0.25, 0.3) is 0 Å². The molecule has 0 spiro atoms. The molecule has 0 radical (unpaired) electrons. The predicted octanol–water partition coefficient (Wildman–Crippen LogP) is 4.18. The third kappa shape index (κ3) is 1.87. The predicted molar refractivity (Wildman–Crippen MR) is 79.9 cm³/mol. The first kappa shape index (κ1) is 13.6. The van der Waals surface area contributed by atoms with Crippen molar-refractivity contribution in [2.75, 3.05) is 0 Å². The molecular weight excluding hydrogens is 322 g/mol. The second-order valence-corrected chi connectivity index (χ2v) is 5.59. The molecule has 0 bridgehead atoms. The molecule has 0 saturated heterocycles. The zero-order valence-electron chi connectivity index (χ0n) is 10.5. The van der Waals surface area contributed by atoms with Crippen LogP contribution in [-0.2, 0) is 7.05 Å². The fourth-order valence-corrected chi connectivity index (χ4v) is 3.17. The molecule has 0 saturated carbocycles. The minimum Gasteiger partial charge on any atom is -0.327 e. The molecule has 0 aliphatic rings. The van der Waals surface area contributed by atoms with E-state index in [0.717, 1.165) is 16.9 Å². The molecule has 2 aromatic heterocycles. The minimum atomic E-state index is -0.497. The van der Waals surface area contributed by atoms with Crippen LogP contribution in [0.2, 0.25) is 10.0 Å². The van der Waals surface area contributed by atoms with Crippen molar-refractivity contribution in [3.05, 3.63) is 38.5 Å². The van der Waals surface area contributed by atoms with E-state index in [9.17, 15) is 4.39 Å². The van der Waals surface area contributed by atoms with Crippen LogP contribution in [0.3, 0.4) is 0 Å². The van der Waals surface area contributed by atoms with Crippen LogP contribution in [-0.4, -0.2) is 19.3 Å². The van der Waals surface area contributed by atoms with Crippen LogP contribution in [0.15, 0.2) is 12.1 Å². The van der Waals surface area contributed by atoms with Gasteiger partial charge < -0.3 is 4.98 Å². The number of fused-ring (bicyclic) bond motifs is 1. The number of rotatable bonds is 1. The number of benzene rings is 1. The van der Waals surface area contributed by atoms with Crippen molar-refractivity contribution in [1.82, 2.24) is 19.3 Å². The zero-order chi connectivity index (χ0) is 14.6. The van der Waals surface area contributed by atoms with Crippen LogP contribution in [0.4, 0.5) is 4.39 Å². The summed E-state index contributed by atoms with van der Waals surface area (Å²) in [5.41, 5.74) is 2.77. The number of aryl methyl sites for hydroxylation is 2. The lowest BCUT2D eigenvalue weighted by Crippen LogP contribution is -2.02. The number of nitrogens with zero attached hydrogens (tertiary/aromatic N) is 3. The Hall–Kier alpha value is -1.37. The van der Waals surface area contributed by atoms with E-state index in [4.69, 9.17) is 35.4 Å². The van der Waals surface area contributed by atoms with E-state index in [1.165, 1.54) is 12.1 Å². The van der Waals surface area contributed by atoms with Crippen LogP contribution in [0.5, 0.6) is 0 Å². The molecule has 0 aliphatic carbocycles. The van der Waals surface area contributed by atoms with Gasteiger partial charge in [0.05, 0.1) is 21.4 Å². The number of aromatic nitrogens is 4. The highest BCUT2D eigenvalue weighted by molar-refractivity contribution is 7.71. The fraction of sp³-hybridized carbons (Fsp3) is 0.167. The van der Waals surface area contributed by atoms with Gasteiger partial charge in [0.15, 0.2) is 10.4 Å². The maximum atomic E-state index is 13.3. The minimum absolute atomic E-state index is 0.186. The first-order chi connectivity index (χ1) is 9.40. The van der Waals surface area contributed by atoms with Gasteiger partial charge in [0, 0.05) is 7.05 Å². The highest BCUT2D eigenvalue weighted by atomic mass is 35.5. The van der Waals surface area contributed by atoms with Gasteiger partial charge in [0.2, 0.25) is 0 Å². The molecule has 0 amide bonds. The van der Waals surface area contributed by atoms with Crippen molar-refractivity contribution in [2.45, 2.75) is 6.92 Å². The van der Waals surface area contributed by atoms with E-state index >= 15 is 0 Å². The molecule has 20 heavy (non-hydrogen) atoms. The third-order valence-corrected chi connectivity index (χ3v) is 3.90. The summed E-state index contributed by atoms with van der Waals surface area (Å²) in [7, 11) is 1.79. The van der Waals surface area contributed by atoms with Crippen molar-refractivity contribution < 1.29 is 4.39 Å². The quantitative estimate of drug-likeness (QED) is 0.680. The number of imidazole rings is 1. The maximum absolute atomic E-state index is 13.3. The SMILES string of the molecule is Cc1nn(C)c2c1[nH]c(=S)n2-c1c(Cl)cc(F)cc1Cl.